The summed E-state index contributed by atoms with van der Waals surface area (Å²) in [5, 5.41) is 44.6. The molecule has 0 bridgehead atoms. The zero-order chi connectivity index (χ0) is 44.8. The Hall–Kier alpha value is -1.16. The molecule has 0 saturated carbocycles. The Morgan fingerprint density at radius 1 is 0.639 bits per heavy atom. The largest absolute Gasteiger partial charge is 0.397 e. The number of hydrogen-bond acceptors (Lipinski definition) is 10. The molecule has 1 saturated heterocycles. The van der Waals surface area contributed by atoms with Crippen LogP contribution in [0.25, 0.3) is 0 Å². The van der Waals surface area contributed by atoms with Crippen molar-refractivity contribution in [3.8, 4) is 0 Å². The number of aliphatic hydroxyl groups is 4. The Bertz CT molecular complexity index is 1140. The van der Waals surface area contributed by atoms with Gasteiger partial charge in [0.05, 0.1) is 25.4 Å². The van der Waals surface area contributed by atoms with E-state index in [9.17, 15) is 33.6 Å². The smallest absolute Gasteiger partial charge is 0.394 e. The van der Waals surface area contributed by atoms with Crippen LogP contribution in [0.1, 0.15) is 232 Å². The monoisotopic (exact) mass is 892 g/mol. The van der Waals surface area contributed by atoms with E-state index in [0.717, 1.165) is 44.9 Å². The molecule has 362 valence electrons. The van der Waals surface area contributed by atoms with Gasteiger partial charge < -0.3 is 35.2 Å². The normalized spacial score (nSPS) is 20.7. The van der Waals surface area contributed by atoms with Gasteiger partial charge in [-0.1, -0.05) is 219 Å². The summed E-state index contributed by atoms with van der Waals surface area (Å²) in [4.78, 5) is 13.0. The lowest BCUT2D eigenvalue weighted by Gasteiger charge is -2.41. The number of hydrogen-bond donors (Lipinski definition) is 6. The highest BCUT2D eigenvalue weighted by Crippen LogP contribution is 2.26. The Morgan fingerprint density at radius 2 is 1.03 bits per heavy atom. The predicted molar refractivity (Wildman–Crippen MR) is 246 cm³/mol. The minimum Gasteiger partial charge on any atom is -0.394 e. The van der Waals surface area contributed by atoms with Gasteiger partial charge in [0, 0.05) is 6.42 Å². The lowest BCUT2D eigenvalue weighted by Crippen LogP contribution is -2.61. The zero-order valence-corrected chi connectivity index (χ0v) is 39.6. The van der Waals surface area contributed by atoms with E-state index in [-0.39, 0.29) is 18.9 Å². The van der Waals surface area contributed by atoms with Crippen LogP contribution < -0.4 is 5.32 Å². The van der Waals surface area contributed by atoms with E-state index in [1.807, 2.05) is 6.08 Å². The molecule has 6 N–H and O–H groups in total. The second kappa shape index (κ2) is 39.2. The maximum absolute atomic E-state index is 13.0. The Kier molecular flexibility index (Phi) is 37.2. The van der Waals surface area contributed by atoms with Crippen molar-refractivity contribution in [3.05, 3.63) is 12.2 Å². The van der Waals surface area contributed by atoms with Crippen LogP contribution in [0.4, 0.5) is 0 Å². The minimum atomic E-state index is -5.08. The first-order valence-corrected chi connectivity index (χ1v) is 26.4. The highest BCUT2D eigenvalue weighted by molar-refractivity contribution is 7.80. The van der Waals surface area contributed by atoms with Crippen LogP contribution in [0, 0.1) is 0 Å². The standard InChI is InChI=1S/C48H93NO11S/c1-3-5-7-9-11-13-14-15-16-17-18-19-20-21-22-23-24-25-26-27-28-30-32-34-36-38-44(52)49-41(42(51)37-35-33-31-29-12-10-8-6-4-2)40-58-48-46(54)47(60-61(55,56)57)45(53)43(39-50)59-48/h35,37,41-43,45-48,50-51,53-54H,3-34,36,38-40H2,1-2H3,(H,49,52)(H,55,56,57)/b37-35+. The average molecular weight is 892 g/mol. The highest BCUT2D eigenvalue weighted by atomic mass is 32.3. The zero-order valence-electron chi connectivity index (χ0n) is 38.7. The van der Waals surface area contributed by atoms with Gasteiger partial charge in [0.1, 0.15) is 24.4 Å². The van der Waals surface area contributed by atoms with Crippen molar-refractivity contribution < 1.29 is 51.8 Å². The second-order valence-corrected chi connectivity index (χ2v) is 18.8. The van der Waals surface area contributed by atoms with E-state index in [1.165, 1.54) is 161 Å². The third-order valence-electron chi connectivity index (χ3n) is 12.1. The summed E-state index contributed by atoms with van der Waals surface area (Å²) in [6, 6.07) is -0.937. The van der Waals surface area contributed by atoms with Gasteiger partial charge in [0.15, 0.2) is 6.29 Å². The van der Waals surface area contributed by atoms with Crippen LogP contribution in [0.5, 0.6) is 0 Å². The summed E-state index contributed by atoms with van der Waals surface area (Å²) >= 11 is 0. The molecule has 13 heteroatoms. The highest BCUT2D eigenvalue weighted by Gasteiger charge is 2.48. The number of carbonyl (C=O) groups is 1. The van der Waals surface area contributed by atoms with Crippen LogP contribution in [0.15, 0.2) is 12.2 Å². The summed E-state index contributed by atoms with van der Waals surface area (Å²) in [6.45, 7) is 3.37. The van der Waals surface area contributed by atoms with Gasteiger partial charge in [0.2, 0.25) is 5.91 Å². The molecule has 12 nitrogen and oxygen atoms in total. The van der Waals surface area contributed by atoms with E-state index < -0.39 is 59.9 Å². The summed E-state index contributed by atoms with van der Waals surface area (Å²) in [7, 11) is -5.08. The minimum absolute atomic E-state index is 0.261. The summed E-state index contributed by atoms with van der Waals surface area (Å²) in [6.07, 6.45) is 35.7. The molecule has 61 heavy (non-hydrogen) atoms. The Balaban J connectivity index is 2.31. The number of ether oxygens (including phenoxy) is 2. The van der Waals surface area contributed by atoms with Gasteiger partial charge in [-0.2, -0.15) is 8.42 Å². The van der Waals surface area contributed by atoms with Crippen molar-refractivity contribution in [1.82, 2.24) is 5.32 Å². The first-order valence-electron chi connectivity index (χ1n) is 25.1. The number of rotatable bonds is 43. The van der Waals surface area contributed by atoms with Gasteiger partial charge in [0.25, 0.3) is 0 Å². The van der Waals surface area contributed by atoms with Gasteiger partial charge in [-0.15, -0.1) is 0 Å². The quantitative estimate of drug-likeness (QED) is 0.0194. The van der Waals surface area contributed by atoms with Crippen LogP contribution in [0.3, 0.4) is 0 Å². The van der Waals surface area contributed by atoms with Crippen LogP contribution >= 0.6 is 0 Å². The Labute approximate surface area is 372 Å². The lowest BCUT2D eigenvalue weighted by molar-refractivity contribution is -0.298. The molecule has 0 aromatic carbocycles. The summed E-state index contributed by atoms with van der Waals surface area (Å²) in [5.41, 5.74) is 0. The average Bonchev–Trinajstić information content (AvgIpc) is 3.23. The molecule has 7 atom stereocenters. The number of unbranched alkanes of at least 4 members (excludes halogenated alkanes) is 31. The number of aliphatic hydroxyl groups excluding tert-OH is 4. The molecule has 1 aliphatic rings. The fourth-order valence-corrected chi connectivity index (χ4v) is 8.67. The van der Waals surface area contributed by atoms with E-state index in [2.05, 4.69) is 23.3 Å². The molecule has 0 aromatic heterocycles. The molecule has 7 unspecified atom stereocenters. The fraction of sp³-hybridized carbons (Fsp3) is 0.938. The molecular formula is C48H93NO11S. The van der Waals surface area contributed by atoms with Crippen LogP contribution in [-0.4, -0.2) is 95.4 Å². The molecule has 0 spiro atoms. The van der Waals surface area contributed by atoms with Crippen molar-refractivity contribution in [3.63, 3.8) is 0 Å². The molecule has 1 fully saturated rings. The topological polar surface area (TPSA) is 192 Å². The first kappa shape index (κ1) is 57.9. The summed E-state index contributed by atoms with van der Waals surface area (Å²) in [5.74, 6) is -0.261. The molecule has 1 amide bonds. The van der Waals surface area contributed by atoms with E-state index >= 15 is 0 Å². The molecule has 0 aliphatic carbocycles. The third kappa shape index (κ3) is 32.2. The van der Waals surface area contributed by atoms with Gasteiger partial charge in [-0.3, -0.25) is 9.35 Å². The van der Waals surface area contributed by atoms with Crippen molar-refractivity contribution >= 4 is 16.3 Å². The SMILES string of the molecule is CCCCCCCCC/C=C/C(O)C(COC1OC(CO)C(O)C(OS(=O)(=O)O)C1O)NC(=O)CCCCCCCCCCCCCCCCCCCCCCCCCCC. The fourth-order valence-electron chi connectivity index (χ4n) is 8.16. The molecule has 1 aliphatic heterocycles. The lowest BCUT2D eigenvalue weighted by atomic mass is 9.99. The van der Waals surface area contributed by atoms with Crippen molar-refractivity contribution in [2.45, 2.75) is 275 Å². The predicted octanol–water partition coefficient (Wildman–Crippen LogP) is 10.3. The number of nitrogens with one attached hydrogen (secondary N) is 1. The third-order valence-corrected chi connectivity index (χ3v) is 12.5. The number of allylic oxidation sites excluding steroid dienone is 1. The van der Waals surface area contributed by atoms with Crippen LogP contribution in [-0.2, 0) is 28.9 Å². The molecule has 1 heterocycles. The van der Waals surface area contributed by atoms with E-state index in [0.29, 0.717) is 6.42 Å². The van der Waals surface area contributed by atoms with Crippen molar-refractivity contribution in [2.75, 3.05) is 13.2 Å². The van der Waals surface area contributed by atoms with Crippen LogP contribution in [0.2, 0.25) is 0 Å². The number of carbonyl (C=O) groups excluding carboxylic acids is 1. The van der Waals surface area contributed by atoms with Gasteiger partial charge >= 0.3 is 10.4 Å². The van der Waals surface area contributed by atoms with Gasteiger partial charge in [-0.05, 0) is 19.3 Å². The van der Waals surface area contributed by atoms with Crippen molar-refractivity contribution in [2.24, 2.45) is 0 Å². The molecule has 0 aromatic rings. The van der Waals surface area contributed by atoms with Crippen molar-refractivity contribution in [1.29, 1.82) is 0 Å². The maximum Gasteiger partial charge on any atom is 0.397 e. The first-order chi connectivity index (χ1) is 29.5. The molecule has 0 radical (unpaired) electrons. The number of amides is 1. The van der Waals surface area contributed by atoms with E-state index in [1.54, 1.807) is 6.08 Å². The second-order valence-electron chi connectivity index (χ2n) is 17.8. The summed E-state index contributed by atoms with van der Waals surface area (Å²) < 4.78 is 47.5. The maximum atomic E-state index is 13.0. The van der Waals surface area contributed by atoms with E-state index in [4.69, 9.17) is 14.0 Å². The molecule has 1 rings (SSSR count). The Morgan fingerprint density at radius 3 is 1.43 bits per heavy atom. The molecular weight excluding hydrogens is 799 g/mol. The van der Waals surface area contributed by atoms with Gasteiger partial charge in [-0.25, -0.2) is 4.18 Å².